The lowest BCUT2D eigenvalue weighted by Gasteiger charge is -2.21. The number of carbonyl (C=O) groups is 1. The number of aliphatic carboxylic acids is 1. The maximum atomic E-state index is 10.7. The molecule has 0 aromatic carbocycles. The molecule has 17 heavy (non-hydrogen) atoms. The van der Waals surface area contributed by atoms with Crippen LogP contribution in [0.2, 0.25) is 0 Å². The minimum atomic E-state index is -0.733. The van der Waals surface area contributed by atoms with E-state index in [4.69, 9.17) is 9.52 Å². The summed E-state index contributed by atoms with van der Waals surface area (Å²) in [5, 5.41) is 8.84. The van der Waals surface area contributed by atoms with Gasteiger partial charge in [0.25, 0.3) is 0 Å². The lowest BCUT2D eigenvalue weighted by molar-refractivity contribution is -0.138. The Morgan fingerprint density at radius 1 is 1.59 bits per heavy atom. The van der Waals surface area contributed by atoms with Crippen LogP contribution in [0.1, 0.15) is 25.0 Å². The molecular formula is C11H13Br2NO3. The first-order chi connectivity index (χ1) is 8.06. The second-order valence-corrected chi connectivity index (χ2v) is 5.77. The SMILES string of the molecule is O=C(O)CC1CCCN1Cc1cc(Br)c(Br)o1. The molecule has 1 aromatic rings. The second-order valence-electron chi connectivity index (χ2n) is 4.20. The Kier molecular flexibility index (Phi) is 4.27. The standard InChI is InChI=1S/C11H13Br2NO3/c12-9-5-8(17-11(9)13)6-14-3-1-2-7(14)4-10(15)16/h5,7H,1-4,6H2,(H,15,16). The molecule has 1 unspecified atom stereocenters. The highest BCUT2D eigenvalue weighted by Crippen LogP contribution is 2.29. The number of furan rings is 1. The Morgan fingerprint density at radius 2 is 2.35 bits per heavy atom. The van der Waals surface area contributed by atoms with Crippen LogP contribution in [0.15, 0.2) is 19.6 Å². The van der Waals surface area contributed by atoms with Gasteiger partial charge in [-0.3, -0.25) is 9.69 Å². The van der Waals surface area contributed by atoms with Gasteiger partial charge in [0.15, 0.2) is 4.67 Å². The van der Waals surface area contributed by atoms with Crippen LogP contribution in [0.4, 0.5) is 0 Å². The van der Waals surface area contributed by atoms with E-state index in [-0.39, 0.29) is 12.5 Å². The summed E-state index contributed by atoms with van der Waals surface area (Å²) in [5.41, 5.74) is 0. The molecule has 0 radical (unpaired) electrons. The Hall–Kier alpha value is -0.330. The van der Waals surface area contributed by atoms with E-state index in [9.17, 15) is 4.79 Å². The molecule has 2 rings (SSSR count). The van der Waals surface area contributed by atoms with Crippen molar-refractivity contribution in [3.05, 3.63) is 21.0 Å². The Bertz CT molecular complexity index is 399. The van der Waals surface area contributed by atoms with Gasteiger partial charge in [0.2, 0.25) is 0 Å². The number of halogens is 2. The van der Waals surface area contributed by atoms with Gasteiger partial charge in [-0.1, -0.05) is 0 Å². The van der Waals surface area contributed by atoms with E-state index in [1.807, 2.05) is 6.07 Å². The average Bonchev–Trinajstić information content (AvgIpc) is 2.76. The Labute approximate surface area is 116 Å². The second kappa shape index (κ2) is 5.54. The van der Waals surface area contributed by atoms with Gasteiger partial charge < -0.3 is 9.52 Å². The summed E-state index contributed by atoms with van der Waals surface area (Å²) >= 11 is 6.66. The van der Waals surface area contributed by atoms with Crippen molar-refractivity contribution in [2.45, 2.75) is 31.8 Å². The molecule has 1 fully saturated rings. The molecule has 4 nitrogen and oxygen atoms in total. The highest BCUT2D eigenvalue weighted by molar-refractivity contribution is 9.13. The zero-order valence-corrected chi connectivity index (χ0v) is 12.3. The summed E-state index contributed by atoms with van der Waals surface area (Å²) < 4.78 is 7.08. The molecule has 0 bridgehead atoms. The molecule has 1 atom stereocenters. The van der Waals surface area contributed by atoms with Gasteiger partial charge in [-0.25, -0.2) is 0 Å². The third kappa shape index (κ3) is 3.33. The summed E-state index contributed by atoms with van der Waals surface area (Å²) in [4.78, 5) is 12.9. The fourth-order valence-corrected chi connectivity index (χ4v) is 2.86. The van der Waals surface area contributed by atoms with Crippen LogP contribution in [0, 0.1) is 0 Å². The Balaban J connectivity index is 2.00. The largest absolute Gasteiger partial charge is 0.481 e. The molecule has 1 N–H and O–H groups in total. The quantitative estimate of drug-likeness (QED) is 0.888. The van der Waals surface area contributed by atoms with Crippen LogP contribution in [0.3, 0.4) is 0 Å². The van der Waals surface area contributed by atoms with E-state index < -0.39 is 5.97 Å². The number of nitrogens with zero attached hydrogens (tertiary/aromatic N) is 1. The van der Waals surface area contributed by atoms with Gasteiger partial charge in [0.1, 0.15) is 5.76 Å². The van der Waals surface area contributed by atoms with Crippen molar-refractivity contribution < 1.29 is 14.3 Å². The van der Waals surface area contributed by atoms with Crippen molar-refractivity contribution in [2.24, 2.45) is 0 Å². The van der Waals surface area contributed by atoms with Crippen molar-refractivity contribution in [1.29, 1.82) is 0 Å². The normalized spacial score (nSPS) is 20.9. The molecule has 0 aliphatic carbocycles. The number of hydrogen-bond acceptors (Lipinski definition) is 3. The Morgan fingerprint density at radius 3 is 2.94 bits per heavy atom. The van der Waals surface area contributed by atoms with Crippen molar-refractivity contribution in [3.63, 3.8) is 0 Å². The number of carboxylic acid groups (broad SMARTS) is 1. The number of likely N-dealkylation sites (tertiary alicyclic amines) is 1. The minimum Gasteiger partial charge on any atom is -0.481 e. The number of carboxylic acids is 1. The number of hydrogen-bond donors (Lipinski definition) is 1. The van der Waals surface area contributed by atoms with Gasteiger partial charge in [-0.05, 0) is 57.3 Å². The maximum absolute atomic E-state index is 10.7. The predicted octanol–water partition coefficient (Wildman–Crippen LogP) is 3.24. The smallest absolute Gasteiger partial charge is 0.304 e. The molecule has 94 valence electrons. The van der Waals surface area contributed by atoms with E-state index in [0.29, 0.717) is 11.2 Å². The topological polar surface area (TPSA) is 53.7 Å². The van der Waals surface area contributed by atoms with E-state index in [1.54, 1.807) is 0 Å². The molecule has 1 aliphatic heterocycles. The average molecular weight is 367 g/mol. The third-order valence-corrected chi connectivity index (χ3v) is 4.67. The monoisotopic (exact) mass is 365 g/mol. The van der Waals surface area contributed by atoms with Crippen LogP contribution < -0.4 is 0 Å². The lowest BCUT2D eigenvalue weighted by Crippen LogP contribution is -2.30. The summed E-state index contributed by atoms with van der Waals surface area (Å²) in [6.07, 6.45) is 2.22. The lowest BCUT2D eigenvalue weighted by atomic mass is 10.1. The molecular weight excluding hydrogens is 354 g/mol. The third-order valence-electron chi connectivity index (χ3n) is 2.96. The molecule has 0 saturated carbocycles. The fourth-order valence-electron chi connectivity index (χ4n) is 2.21. The van der Waals surface area contributed by atoms with Crippen LogP contribution in [0.5, 0.6) is 0 Å². The van der Waals surface area contributed by atoms with Gasteiger partial charge in [0, 0.05) is 6.04 Å². The molecule has 0 amide bonds. The zero-order valence-electron chi connectivity index (χ0n) is 9.16. The molecule has 0 spiro atoms. The van der Waals surface area contributed by atoms with Gasteiger partial charge in [-0.15, -0.1) is 0 Å². The highest BCUT2D eigenvalue weighted by atomic mass is 79.9. The van der Waals surface area contributed by atoms with Crippen LogP contribution >= 0.6 is 31.9 Å². The van der Waals surface area contributed by atoms with E-state index in [0.717, 1.165) is 29.6 Å². The van der Waals surface area contributed by atoms with Crippen molar-refractivity contribution >= 4 is 37.8 Å². The van der Waals surface area contributed by atoms with E-state index in [1.165, 1.54) is 0 Å². The van der Waals surface area contributed by atoms with Gasteiger partial charge in [0.05, 0.1) is 17.4 Å². The van der Waals surface area contributed by atoms with E-state index >= 15 is 0 Å². The van der Waals surface area contributed by atoms with Crippen molar-refractivity contribution in [3.8, 4) is 0 Å². The molecule has 1 aliphatic rings. The summed E-state index contributed by atoms with van der Waals surface area (Å²) in [6.45, 7) is 1.61. The molecule has 2 heterocycles. The zero-order chi connectivity index (χ0) is 12.4. The van der Waals surface area contributed by atoms with Gasteiger partial charge in [-0.2, -0.15) is 0 Å². The predicted molar refractivity (Wildman–Crippen MR) is 69.8 cm³/mol. The first-order valence-electron chi connectivity index (χ1n) is 5.46. The maximum Gasteiger partial charge on any atom is 0.304 e. The first-order valence-corrected chi connectivity index (χ1v) is 7.04. The van der Waals surface area contributed by atoms with Crippen molar-refractivity contribution in [1.82, 2.24) is 4.90 Å². The highest BCUT2D eigenvalue weighted by Gasteiger charge is 2.27. The molecule has 6 heteroatoms. The van der Waals surface area contributed by atoms with Crippen molar-refractivity contribution in [2.75, 3.05) is 6.54 Å². The minimum absolute atomic E-state index is 0.134. The molecule has 1 aromatic heterocycles. The van der Waals surface area contributed by atoms with Crippen LogP contribution in [-0.4, -0.2) is 28.6 Å². The number of rotatable bonds is 4. The van der Waals surface area contributed by atoms with E-state index in [2.05, 4.69) is 36.8 Å². The van der Waals surface area contributed by atoms with Crippen LogP contribution in [0.25, 0.3) is 0 Å². The molecule has 1 saturated heterocycles. The summed E-state index contributed by atoms with van der Waals surface area (Å²) in [6, 6.07) is 2.05. The van der Waals surface area contributed by atoms with Gasteiger partial charge >= 0.3 is 5.97 Å². The fraction of sp³-hybridized carbons (Fsp3) is 0.545. The summed E-state index contributed by atoms with van der Waals surface area (Å²) in [7, 11) is 0. The van der Waals surface area contributed by atoms with Crippen LogP contribution in [-0.2, 0) is 11.3 Å². The summed E-state index contributed by atoms with van der Waals surface area (Å²) in [5.74, 6) is 0.116. The first kappa shape index (κ1) is 13.1.